The van der Waals surface area contributed by atoms with Crippen molar-refractivity contribution in [2.75, 3.05) is 0 Å². The van der Waals surface area contributed by atoms with Crippen LogP contribution >= 0.6 is 0 Å². The van der Waals surface area contributed by atoms with Gasteiger partial charge < -0.3 is 4.74 Å². The van der Waals surface area contributed by atoms with Crippen molar-refractivity contribution >= 4 is 11.9 Å². The van der Waals surface area contributed by atoms with Gasteiger partial charge in [-0.2, -0.15) is 0 Å². The Morgan fingerprint density at radius 1 is 1.00 bits per heavy atom. The molecule has 0 radical (unpaired) electrons. The lowest BCUT2D eigenvalue weighted by Crippen LogP contribution is -2.10. The molecule has 0 aromatic rings. The smallest absolute Gasteiger partial charge is 0.317 e. The van der Waals surface area contributed by atoms with Crippen LogP contribution in [0.4, 0.5) is 0 Å². The largest absolute Gasteiger partial charge is 0.393 e. The standard InChI is InChI=1S/C10H14O3/c11-9-7-5-3-1-2-4-6-8-10(12)13-9/h3,5H,1-2,4,6-8H2/b5-3+. The van der Waals surface area contributed by atoms with Crippen molar-refractivity contribution in [3.05, 3.63) is 12.2 Å². The van der Waals surface area contributed by atoms with Crippen LogP contribution in [0.25, 0.3) is 0 Å². The highest BCUT2D eigenvalue weighted by atomic mass is 16.6. The van der Waals surface area contributed by atoms with Gasteiger partial charge in [0, 0.05) is 6.42 Å². The summed E-state index contributed by atoms with van der Waals surface area (Å²) < 4.78 is 4.55. The van der Waals surface area contributed by atoms with E-state index >= 15 is 0 Å². The van der Waals surface area contributed by atoms with Crippen molar-refractivity contribution in [3.8, 4) is 0 Å². The van der Waals surface area contributed by atoms with Gasteiger partial charge in [0.2, 0.25) is 0 Å². The van der Waals surface area contributed by atoms with Crippen LogP contribution in [-0.2, 0) is 14.3 Å². The molecule has 0 fully saturated rings. The van der Waals surface area contributed by atoms with E-state index in [1.54, 1.807) is 6.08 Å². The minimum atomic E-state index is -0.442. The zero-order valence-corrected chi connectivity index (χ0v) is 7.62. The third-order valence-corrected chi connectivity index (χ3v) is 1.93. The second-order valence-corrected chi connectivity index (χ2v) is 3.12. The van der Waals surface area contributed by atoms with E-state index in [0.29, 0.717) is 6.42 Å². The average molecular weight is 182 g/mol. The van der Waals surface area contributed by atoms with Crippen molar-refractivity contribution < 1.29 is 14.3 Å². The van der Waals surface area contributed by atoms with Crippen LogP contribution in [0.3, 0.4) is 0 Å². The highest BCUT2D eigenvalue weighted by Gasteiger charge is 2.08. The second-order valence-electron chi connectivity index (χ2n) is 3.12. The maximum atomic E-state index is 11.0. The second kappa shape index (κ2) is 5.51. The molecule has 13 heavy (non-hydrogen) atoms. The number of cyclic esters (lactones) is 2. The third kappa shape index (κ3) is 4.45. The van der Waals surface area contributed by atoms with Crippen LogP contribution in [0.1, 0.15) is 38.5 Å². The van der Waals surface area contributed by atoms with E-state index in [1.807, 2.05) is 6.08 Å². The first-order valence-electron chi connectivity index (χ1n) is 4.67. The van der Waals surface area contributed by atoms with Crippen molar-refractivity contribution in [2.45, 2.75) is 38.5 Å². The Kier molecular flexibility index (Phi) is 4.23. The van der Waals surface area contributed by atoms with E-state index in [-0.39, 0.29) is 12.4 Å². The number of rotatable bonds is 0. The topological polar surface area (TPSA) is 43.4 Å². The van der Waals surface area contributed by atoms with Gasteiger partial charge in [0.05, 0.1) is 6.42 Å². The summed E-state index contributed by atoms with van der Waals surface area (Å²) in [6.07, 6.45) is 8.22. The van der Waals surface area contributed by atoms with E-state index in [4.69, 9.17) is 0 Å². The molecule has 0 aromatic heterocycles. The highest BCUT2D eigenvalue weighted by molar-refractivity contribution is 5.86. The van der Waals surface area contributed by atoms with Gasteiger partial charge in [-0.25, -0.2) is 0 Å². The SMILES string of the molecule is O=C1C/C=C/CCCCCC(=O)O1. The summed E-state index contributed by atoms with van der Waals surface area (Å²) in [5.41, 5.74) is 0. The Morgan fingerprint density at radius 3 is 2.69 bits per heavy atom. The van der Waals surface area contributed by atoms with Gasteiger partial charge in [-0.05, 0) is 19.3 Å². The predicted molar refractivity (Wildman–Crippen MR) is 47.9 cm³/mol. The number of esters is 2. The fraction of sp³-hybridized carbons (Fsp3) is 0.600. The van der Waals surface area contributed by atoms with E-state index in [9.17, 15) is 9.59 Å². The molecule has 0 saturated heterocycles. The highest BCUT2D eigenvalue weighted by Crippen LogP contribution is 2.07. The molecular formula is C10H14O3. The van der Waals surface area contributed by atoms with Gasteiger partial charge in [0.1, 0.15) is 0 Å². The van der Waals surface area contributed by atoms with E-state index in [2.05, 4.69) is 4.74 Å². The molecular weight excluding hydrogens is 168 g/mol. The molecule has 0 atom stereocenters. The molecule has 0 aliphatic carbocycles. The molecule has 1 aliphatic heterocycles. The van der Waals surface area contributed by atoms with Crippen LogP contribution in [-0.4, -0.2) is 11.9 Å². The molecule has 72 valence electrons. The Hall–Kier alpha value is -1.12. The molecule has 0 saturated carbocycles. The van der Waals surface area contributed by atoms with Crippen molar-refractivity contribution in [1.29, 1.82) is 0 Å². The number of hydrogen-bond acceptors (Lipinski definition) is 3. The molecule has 0 aromatic carbocycles. The van der Waals surface area contributed by atoms with Crippen molar-refractivity contribution in [2.24, 2.45) is 0 Å². The van der Waals surface area contributed by atoms with Crippen molar-refractivity contribution in [1.82, 2.24) is 0 Å². The van der Waals surface area contributed by atoms with Crippen LogP contribution in [0.5, 0.6) is 0 Å². The Bertz CT molecular complexity index is 218. The summed E-state index contributed by atoms with van der Waals surface area (Å²) in [5, 5.41) is 0. The summed E-state index contributed by atoms with van der Waals surface area (Å²) in [5.74, 6) is -0.830. The minimum Gasteiger partial charge on any atom is -0.393 e. The van der Waals surface area contributed by atoms with E-state index in [0.717, 1.165) is 25.7 Å². The number of allylic oxidation sites excluding steroid dienone is 1. The first-order chi connectivity index (χ1) is 6.29. The number of ether oxygens (including phenoxy) is 1. The fourth-order valence-electron chi connectivity index (χ4n) is 1.23. The Morgan fingerprint density at radius 2 is 1.85 bits per heavy atom. The molecule has 0 bridgehead atoms. The Balaban J connectivity index is 2.43. The summed E-state index contributed by atoms with van der Waals surface area (Å²) >= 11 is 0. The molecule has 1 rings (SSSR count). The van der Waals surface area contributed by atoms with E-state index in [1.165, 1.54) is 0 Å². The predicted octanol–water partition coefficient (Wildman–Crippen LogP) is 1.97. The molecule has 0 N–H and O–H groups in total. The maximum absolute atomic E-state index is 11.0. The summed E-state index contributed by atoms with van der Waals surface area (Å²) in [7, 11) is 0. The molecule has 0 amide bonds. The molecule has 0 spiro atoms. The summed E-state index contributed by atoms with van der Waals surface area (Å²) in [6, 6.07) is 0. The molecule has 1 aliphatic rings. The normalized spacial score (nSPS) is 23.1. The zero-order valence-electron chi connectivity index (χ0n) is 7.62. The average Bonchev–Trinajstić information content (AvgIpc) is 2.11. The van der Waals surface area contributed by atoms with Gasteiger partial charge in [-0.15, -0.1) is 0 Å². The lowest BCUT2D eigenvalue weighted by Gasteiger charge is -1.99. The van der Waals surface area contributed by atoms with Crippen LogP contribution in [0.2, 0.25) is 0 Å². The van der Waals surface area contributed by atoms with Crippen LogP contribution < -0.4 is 0 Å². The van der Waals surface area contributed by atoms with Gasteiger partial charge in [0.25, 0.3) is 0 Å². The number of hydrogen-bond donors (Lipinski definition) is 0. The maximum Gasteiger partial charge on any atom is 0.317 e. The number of carbonyl (C=O) groups is 2. The first-order valence-corrected chi connectivity index (χ1v) is 4.67. The molecule has 1 heterocycles. The van der Waals surface area contributed by atoms with Gasteiger partial charge in [0.15, 0.2) is 0 Å². The Labute approximate surface area is 77.8 Å². The van der Waals surface area contributed by atoms with Gasteiger partial charge >= 0.3 is 11.9 Å². The fourth-order valence-corrected chi connectivity index (χ4v) is 1.23. The van der Waals surface area contributed by atoms with E-state index < -0.39 is 5.97 Å². The molecule has 3 nitrogen and oxygen atoms in total. The minimum absolute atomic E-state index is 0.214. The summed E-state index contributed by atoms with van der Waals surface area (Å²) in [4.78, 5) is 21.9. The molecule has 0 unspecified atom stereocenters. The van der Waals surface area contributed by atoms with Crippen LogP contribution in [0, 0.1) is 0 Å². The van der Waals surface area contributed by atoms with Gasteiger partial charge in [-0.3, -0.25) is 9.59 Å². The quantitative estimate of drug-likeness (QED) is 0.327. The molecule has 3 heteroatoms. The summed E-state index contributed by atoms with van der Waals surface area (Å²) in [6.45, 7) is 0. The van der Waals surface area contributed by atoms with Crippen LogP contribution in [0.15, 0.2) is 12.2 Å². The van der Waals surface area contributed by atoms with Gasteiger partial charge in [-0.1, -0.05) is 18.6 Å². The lowest BCUT2D eigenvalue weighted by atomic mass is 10.1. The number of carbonyl (C=O) groups excluding carboxylic acids is 2. The third-order valence-electron chi connectivity index (χ3n) is 1.93. The lowest BCUT2D eigenvalue weighted by molar-refractivity contribution is -0.159. The first kappa shape index (κ1) is 9.96. The van der Waals surface area contributed by atoms with Crippen molar-refractivity contribution in [3.63, 3.8) is 0 Å². The zero-order chi connectivity index (χ0) is 9.52. The monoisotopic (exact) mass is 182 g/mol.